The number of aromatic nitrogens is 1. The molecule has 18 heavy (non-hydrogen) atoms. The van der Waals surface area contributed by atoms with E-state index in [1.54, 1.807) is 13.0 Å². The second-order valence-electron chi connectivity index (χ2n) is 3.91. The Morgan fingerprint density at radius 3 is 2.61 bits per heavy atom. The van der Waals surface area contributed by atoms with Gasteiger partial charge < -0.3 is 4.74 Å². The molecule has 1 aliphatic rings. The molecule has 0 saturated carbocycles. The van der Waals surface area contributed by atoms with Crippen molar-refractivity contribution in [2.75, 3.05) is 26.3 Å². The predicted octanol–water partition coefficient (Wildman–Crippen LogP) is 3.04. The highest BCUT2D eigenvalue weighted by Crippen LogP contribution is 2.17. The maximum Gasteiger partial charge on any atom is 0.149 e. The van der Waals surface area contributed by atoms with E-state index in [1.165, 1.54) is 0 Å². The summed E-state index contributed by atoms with van der Waals surface area (Å²) in [4.78, 5) is 6.15. The maximum absolute atomic E-state index is 13.8. The molecule has 0 spiro atoms. The van der Waals surface area contributed by atoms with Crippen LogP contribution in [0.4, 0.5) is 4.39 Å². The molecule has 1 aromatic heterocycles. The minimum atomic E-state index is -0.254. The van der Waals surface area contributed by atoms with Crippen molar-refractivity contribution < 1.29 is 9.13 Å². The van der Waals surface area contributed by atoms with Crippen molar-refractivity contribution in [3.05, 3.63) is 28.3 Å². The standard InChI is InChI=1S/C11H14ClFN2O.C2H6/c1-8-6-10(12)14-9(11(8)13)7-15-2-4-16-5-3-15;1-2/h6H,2-5,7H2,1H3;1-2H3. The Kier molecular flexibility index (Phi) is 6.54. The molecule has 5 heteroatoms. The molecule has 1 aromatic rings. The number of rotatable bonds is 2. The topological polar surface area (TPSA) is 25.4 Å². The Morgan fingerprint density at radius 2 is 2.00 bits per heavy atom. The Hall–Kier alpha value is -0.710. The average Bonchev–Trinajstić information content (AvgIpc) is 2.39. The fourth-order valence-electron chi connectivity index (χ4n) is 1.76. The number of hydrogen-bond acceptors (Lipinski definition) is 3. The third-order valence-corrected chi connectivity index (χ3v) is 2.85. The monoisotopic (exact) mass is 274 g/mol. The van der Waals surface area contributed by atoms with Crippen LogP contribution >= 0.6 is 11.6 Å². The number of pyridine rings is 1. The van der Waals surface area contributed by atoms with Gasteiger partial charge in [0, 0.05) is 19.6 Å². The fraction of sp³-hybridized carbons (Fsp3) is 0.615. The number of halogens is 2. The van der Waals surface area contributed by atoms with E-state index in [9.17, 15) is 4.39 Å². The Bertz CT molecular complexity index is 381. The Labute approximate surface area is 113 Å². The third-order valence-electron chi connectivity index (χ3n) is 2.65. The lowest BCUT2D eigenvalue weighted by Crippen LogP contribution is -2.36. The van der Waals surface area contributed by atoms with Gasteiger partial charge in [0.15, 0.2) is 0 Å². The van der Waals surface area contributed by atoms with Crippen LogP contribution in [0.2, 0.25) is 5.15 Å². The zero-order valence-electron chi connectivity index (χ0n) is 11.2. The minimum absolute atomic E-state index is 0.254. The summed E-state index contributed by atoms with van der Waals surface area (Å²) in [6, 6.07) is 1.54. The van der Waals surface area contributed by atoms with Crippen molar-refractivity contribution in [1.82, 2.24) is 9.88 Å². The number of ether oxygens (including phenoxy) is 1. The molecule has 0 aliphatic carbocycles. The van der Waals surface area contributed by atoms with Crippen LogP contribution in [0.1, 0.15) is 25.1 Å². The van der Waals surface area contributed by atoms with E-state index in [2.05, 4.69) is 9.88 Å². The molecule has 0 aromatic carbocycles. The summed E-state index contributed by atoms with van der Waals surface area (Å²) in [6.07, 6.45) is 0. The molecule has 2 heterocycles. The van der Waals surface area contributed by atoms with Gasteiger partial charge in [-0.15, -0.1) is 0 Å². The van der Waals surface area contributed by atoms with Gasteiger partial charge in [-0.2, -0.15) is 0 Å². The van der Waals surface area contributed by atoms with E-state index in [0.29, 0.717) is 36.2 Å². The molecular weight excluding hydrogens is 255 g/mol. The summed E-state index contributed by atoms with van der Waals surface area (Å²) in [5.74, 6) is -0.254. The smallest absolute Gasteiger partial charge is 0.149 e. The van der Waals surface area contributed by atoms with Gasteiger partial charge in [0.05, 0.1) is 18.9 Å². The van der Waals surface area contributed by atoms with Gasteiger partial charge in [-0.1, -0.05) is 25.4 Å². The second kappa shape index (κ2) is 7.67. The van der Waals surface area contributed by atoms with Gasteiger partial charge in [0.2, 0.25) is 0 Å². The van der Waals surface area contributed by atoms with Gasteiger partial charge in [0.1, 0.15) is 11.0 Å². The molecule has 0 atom stereocenters. The summed E-state index contributed by atoms with van der Waals surface area (Å²) >= 11 is 5.82. The highest BCUT2D eigenvalue weighted by Gasteiger charge is 2.15. The van der Waals surface area contributed by atoms with Crippen molar-refractivity contribution in [3.63, 3.8) is 0 Å². The summed E-state index contributed by atoms with van der Waals surface area (Å²) in [7, 11) is 0. The van der Waals surface area contributed by atoms with Crippen molar-refractivity contribution >= 4 is 11.6 Å². The summed E-state index contributed by atoms with van der Waals surface area (Å²) in [5, 5.41) is 0.349. The fourth-order valence-corrected chi connectivity index (χ4v) is 2.02. The van der Waals surface area contributed by atoms with Gasteiger partial charge in [-0.3, -0.25) is 4.90 Å². The van der Waals surface area contributed by atoms with Crippen molar-refractivity contribution in [3.8, 4) is 0 Å². The largest absolute Gasteiger partial charge is 0.379 e. The highest BCUT2D eigenvalue weighted by atomic mass is 35.5. The van der Waals surface area contributed by atoms with Crippen molar-refractivity contribution in [2.24, 2.45) is 0 Å². The number of hydrogen-bond donors (Lipinski definition) is 0. The van der Waals surface area contributed by atoms with E-state index < -0.39 is 0 Å². The van der Waals surface area contributed by atoms with Crippen LogP contribution in [0.3, 0.4) is 0 Å². The van der Waals surface area contributed by atoms with Gasteiger partial charge >= 0.3 is 0 Å². The Morgan fingerprint density at radius 1 is 1.39 bits per heavy atom. The molecule has 102 valence electrons. The zero-order chi connectivity index (χ0) is 13.5. The van der Waals surface area contributed by atoms with E-state index in [-0.39, 0.29) is 5.82 Å². The van der Waals surface area contributed by atoms with Crippen LogP contribution in [0.5, 0.6) is 0 Å². The molecule has 0 N–H and O–H groups in total. The lowest BCUT2D eigenvalue weighted by molar-refractivity contribution is 0.0331. The van der Waals surface area contributed by atoms with Crippen molar-refractivity contribution in [1.29, 1.82) is 0 Å². The Balaban J connectivity index is 0.000000771. The van der Waals surface area contributed by atoms with E-state index in [4.69, 9.17) is 16.3 Å². The molecule has 0 amide bonds. The highest BCUT2D eigenvalue weighted by molar-refractivity contribution is 6.29. The van der Waals surface area contributed by atoms with E-state index >= 15 is 0 Å². The first-order chi connectivity index (χ1) is 8.66. The number of nitrogens with zero attached hydrogens (tertiary/aromatic N) is 2. The van der Waals surface area contributed by atoms with Crippen LogP contribution in [-0.2, 0) is 11.3 Å². The summed E-state index contributed by atoms with van der Waals surface area (Å²) in [5.41, 5.74) is 0.968. The van der Waals surface area contributed by atoms with Crippen molar-refractivity contribution in [2.45, 2.75) is 27.3 Å². The third kappa shape index (κ3) is 4.19. The van der Waals surface area contributed by atoms with Crippen LogP contribution in [0, 0.1) is 12.7 Å². The normalized spacial score (nSPS) is 16.1. The SMILES string of the molecule is CC.Cc1cc(Cl)nc(CN2CCOCC2)c1F. The molecule has 1 saturated heterocycles. The number of aryl methyl sites for hydroxylation is 1. The van der Waals surface area contributed by atoms with Crippen LogP contribution in [0.15, 0.2) is 6.07 Å². The zero-order valence-corrected chi connectivity index (χ0v) is 11.9. The molecule has 2 rings (SSSR count). The van der Waals surface area contributed by atoms with Crippen LogP contribution < -0.4 is 0 Å². The van der Waals surface area contributed by atoms with Crippen LogP contribution in [0.25, 0.3) is 0 Å². The lowest BCUT2D eigenvalue weighted by atomic mass is 10.2. The van der Waals surface area contributed by atoms with E-state index in [0.717, 1.165) is 13.1 Å². The molecule has 1 aliphatic heterocycles. The first kappa shape index (κ1) is 15.3. The molecular formula is C13H20ClFN2O. The van der Waals surface area contributed by atoms with Crippen LogP contribution in [-0.4, -0.2) is 36.2 Å². The predicted molar refractivity (Wildman–Crippen MR) is 71.4 cm³/mol. The molecule has 3 nitrogen and oxygen atoms in total. The summed E-state index contributed by atoms with van der Waals surface area (Å²) in [6.45, 7) is 9.21. The minimum Gasteiger partial charge on any atom is -0.379 e. The summed E-state index contributed by atoms with van der Waals surface area (Å²) < 4.78 is 19.0. The van der Waals surface area contributed by atoms with Gasteiger partial charge in [0.25, 0.3) is 0 Å². The first-order valence-electron chi connectivity index (χ1n) is 6.28. The molecule has 0 bridgehead atoms. The maximum atomic E-state index is 13.8. The molecule has 0 radical (unpaired) electrons. The van der Waals surface area contributed by atoms with Gasteiger partial charge in [-0.05, 0) is 18.6 Å². The number of morpholine rings is 1. The quantitative estimate of drug-likeness (QED) is 0.775. The second-order valence-corrected chi connectivity index (χ2v) is 4.30. The van der Waals surface area contributed by atoms with E-state index in [1.807, 2.05) is 13.8 Å². The molecule has 0 unspecified atom stereocenters. The lowest BCUT2D eigenvalue weighted by Gasteiger charge is -2.26. The van der Waals surface area contributed by atoms with Gasteiger partial charge in [-0.25, -0.2) is 9.37 Å². The molecule has 1 fully saturated rings. The first-order valence-corrected chi connectivity index (χ1v) is 6.66. The average molecular weight is 275 g/mol.